The van der Waals surface area contributed by atoms with Crippen molar-refractivity contribution in [3.05, 3.63) is 95.1 Å². The molecule has 4 heteroatoms. The van der Waals surface area contributed by atoms with Gasteiger partial charge in [-0.15, -0.1) is 0 Å². The molecule has 3 aromatic carbocycles. The normalized spacial score (nSPS) is 15.4. The van der Waals surface area contributed by atoms with E-state index in [2.05, 4.69) is 59.5 Å². The summed E-state index contributed by atoms with van der Waals surface area (Å²) in [6.07, 6.45) is 4.30. The van der Waals surface area contributed by atoms with Gasteiger partial charge >= 0.3 is 5.97 Å². The molecule has 0 aromatic heterocycles. The third kappa shape index (κ3) is 5.23. The fourth-order valence-corrected chi connectivity index (χ4v) is 5.02. The Morgan fingerprint density at radius 3 is 2.38 bits per heavy atom. The zero-order chi connectivity index (χ0) is 23.3. The first-order valence-corrected chi connectivity index (χ1v) is 12.2. The Kier molecular flexibility index (Phi) is 6.77. The molecule has 0 N–H and O–H groups in total. The van der Waals surface area contributed by atoms with Crippen LogP contribution in [0.5, 0.6) is 11.5 Å². The van der Waals surface area contributed by atoms with Crippen LogP contribution < -0.4 is 9.47 Å². The lowest BCUT2D eigenvalue weighted by Crippen LogP contribution is -2.25. The minimum atomic E-state index is -0.294. The molecule has 174 valence electrons. The van der Waals surface area contributed by atoms with E-state index in [1.165, 1.54) is 66.3 Å². The highest BCUT2D eigenvalue weighted by Crippen LogP contribution is 2.41. The zero-order valence-electron chi connectivity index (χ0n) is 19.8. The molecule has 1 heterocycles. The molecule has 0 atom stereocenters. The number of carbonyl (C=O) groups is 1. The first-order valence-electron chi connectivity index (χ1n) is 12.2. The van der Waals surface area contributed by atoms with Gasteiger partial charge in [-0.2, -0.15) is 0 Å². The number of likely N-dealkylation sites (tertiary alicyclic amines) is 1. The molecule has 1 aliphatic heterocycles. The number of benzene rings is 3. The summed E-state index contributed by atoms with van der Waals surface area (Å²) >= 11 is 0. The first kappa shape index (κ1) is 22.4. The van der Waals surface area contributed by atoms with Crippen LogP contribution in [0.1, 0.15) is 42.0 Å². The maximum Gasteiger partial charge on any atom is 0.308 e. The van der Waals surface area contributed by atoms with Crippen LogP contribution in [-0.2, 0) is 17.6 Å². The number of hydrogen-bond donors (Lipinski definition) is 0. The summed E-state index contributed by atoms with van der Waals surface area (Å²) in [6.45, 7) is 5.57. The van der Waals surface area contributed by atoms with E-state index < -0.39 is 0 Å². The summed E-state index contributed by atoms with van der Waals surface area (Å²) in [5.74, 6) is 1.24. The molecule has 1 saturated heterocycles. The van der Waals surface area contributed by atoms with Gasteiger partial charge in [0.2, 0.25) is 0 Å². The second kappa shape index (κ2) is 10.3. The standard InChI is InChI=1S/C30H31NO3/c1-22(32)34-27-13-14-28-25(20-27)21-29(24-7-3-2-4-8-24)30(28)19-23-9-11-26(12-10-23)33-18-17-31-15-5-6-16-31/h2-4,7-14,20H,5-6,15-19,21H2,1H3. The van der Waals surface area contributed by atoms with Crippen LogP contribution in [0.25, 0.3) is 11.1 Å². The number of rotatable bonds is 8. The van der Waals surface area contributed by atoms with Gasteiger partial charge in [0, 0.05) is 13.5 Å². The van der Waals surface area contributed by atoms with Crippen molar-refractivity contribution in [3.8, 4) is 11.5 Å². The first-order chi connectivity index (χ1) is 16.7. The zero-order valence-corrected chi connectivity index (χ0v) is 19.8. The highest BCUT2D eigenvalue weighted by atomic mass is 16.5. The van der Waals surface area contributed by atoms with Gasteiger partial charge in [0.1, 0.15) is 18.1 Å². The summed E-state index contributed by atoms with van der Waals surface area (Å²) in [4.78, 5) is 13.9. The van der Waals surface area contributed by atoms with E-state index >= 15 is 0 Å². The lowest BCUT2D eigenvalue weighted by molar-refractivity contribution is -0.131. The van der Waals surface area contributed by atoms with Crippen LogP contribution in [-0.4, -0.2) is 37.1 Å². The molecular formula is C30H31NO3. The molecule has 0 saturated carbocycles. The van der Waals surface area contributed by atoms with Crippen molar-refractivity contribution in [3.63, 3.8) is 0 Å². The SMILES string of the molecule is CC(=O)Oc1ccc2c(c1)CC(c1ccccc1)=C2Cc1ccc(OCCN2CCCC2)cc1. The van der Waals surface area contributed by atoms with E-state index in [0.29, 0.717) is 5.75 Å². The molecule has 0 spiro atoms. The molecule has 5 rings (SSSR count). The fourth-order valence-electron chi connectivity index (χ4n) is 5.02. The topological polar surface area (TPSA) is 38.8 Å². The van der Waals surface area contributed by atoms with Gasteiger partial charge < -0.3 is 9.47 Å². The molecule has 4 nitrogen and oxygen atoms in total. The van der Waals surface area contributed by atoms with Crippen molar-refractivity contribution in [2.45, 2.75) is 32.6 Å². The van der Waals surface area contributed by atoms with Gasteiger partial charge in [0.05, 0.1) is 0 Å². The van der Waals surface area contributed by atoms with Gasteiger partial charge in [-0.3, -0.25) is 9.69 Å². The summed E-state index contributed by atoms with van der Waals surface area (Å²) in [7, 11) is 0. The van der Waals surface area contributed by atoms with Crippen LogP contribution in [0.2, 0.25) is 0 Å². The summed E-state index contributed by atoms with van der Waals surface area (Å²) in [5, 5.41) is 0. The average Bonchev–Trinajstić information content (AvgIpc) is 3.48. The summed E-state index contributed by atoms with van der Waals surface area (Å²) in [5.41, 5.74) is 7.60. The molecule has 1 aliphatic carbocycles. The van der Waals surface area contributed by atoms with Crippen molar-refractivity contribution in [1.82, 2.24) is 4.90 Å². The molecule has 3 aromatic rings. The van der Waals surface area contributed by atoms with E-state index in [1.807, 2.05) is 18.2 Å². The Morgan fingerprint density at radius 1 is 0.912 bits per heavy atom. The number of hydrogen-bond acceptors (Lipinski definition) is 4. The molecule has 2 aliphatic rings. The van der Waals surface area contributed by atoms with Crippen molar-refractivity contribution in [2.75, 3.05) is 26.2 Å². The van der Waals surface area contributed by atoms with Gasteiger partial charge in [-0.25, -0.2) is 0 Å². The van der Waals surface area contributed by atoms with Crippen LogP contribution in [0, 0.1) is 0 Å². The summed E-state index contributed by atoms with van der Waals surface area (Å²) < 4.78 is 11.3. The molecule has 34 heavy (non-hydrogen) atoms. The Labute approximate surface area is 201 Å². The minimum Gasteiger partial charge on any atom is -0.492 e. The number of fused-ring (bicyclic) bond motifs is 1. The van der Waals surface area contributed by atoms with Gasteiger partial charge in [-0.05, 0) is 96.4 Å². The Morgan fingerprint density at radius 2 is 1.65 bits per heavy atom. The van der Waals surface area contributed by atoms with Crippen LogP contribution in [0.3, 0.4) is 0 Å². The molecule has 0 bridgehead atoms. The lowest BCUT2D eigenvalue weighted by atomic mass is 9.95. The molecule has 1 fully saturated rings. The largest absolute Gasteiger partial charge is 0.492 e. The van der Waals surface area contributed by atoms with Crippen LogP contribution >= 0.6 is 0 Å². The Hall–Kier alpha value is -3.37. The predicted molar refractivity (Wildman–Crippen MR) is 136 cm³/mol. The van der Waals surface area contributed by atoms with E-state index in [-0.39, 0.29) is 5.97 Å². The number of esters is 1. The van der Waals surface area contributed by atoms with Crippen molar-refractivity contribution in [1.29, 1.82) is 0 Å². The van der Waals surface area contributed by atoms with Crippen molar-refractivity contribution in [2.24, 2.45) is 0 Å². The Bertz CT molecular complexity index is 1180. The molecule has 0 amide bonds. The smallest absolute Gasteiger partial charge is 0.308 e. The van der Waals surface area contributed by atoms with Crippen molar-refractivity contribution >= 4 is 17.1 Å². The maximum absolute atomic E-state index is 11.4. The van der Waals surface area contributed by atoms with E-state index in [0.717, 1.165) is 31.7 Å². The second-order valence-electron chi connectivity index (χ2n) is 9.13. The molecule has 0 unspecified atom stereocenters. The van der Waals surface area contributed by atoms with E-state index in [4.69, 9.17) is 9.47 Å². The quantitative estimate of drug-likeness (QED) is 0.319. The maximum atomic E-state index is 11.4. The highest BCUT2D eigenvalue weighted by molar-refractivity contribution is 5.98. The van der Waals surface area contributed by atoms with Gasteiger partial charge in [0.15, 0.2) is 0 Å². The van der Waals surface area contributed by atoms with E-state index in [9.17, 15) is 4.79 Å². The predicted octanol–water partition coefficient (Wildman–Crippen LogP) is 5.80. The lowest BCUT2D eigenvalue weighted by Gasteiger charge is -2.15. The number of nitrogens with zero attached hydrogens (tertiary/aromatic N) is 1. The van der Waals surface area contributed by atoms with Crippen molar-refractivity contribution < 1.29 is 14.3 Å². The van der Waals surface area contributed by atoms with Gasteiger partial charge in [0.25, 0.3) is 0 Å². The highest BCUT2D eigenvalue weighted by Gasteiger charge is 2.23. The third-order valence-electron chi connectivity index (χ3n) is 6.70. The minimum absolute atomic E-state index is 0.294. The number of ether oxygens (including phenoxy) is 2. The summed E-state index contributed by atoms with van der Waals surface area (Å²) in [6, 6.07) is 25.1. The van der Waals surface area contributed by atoms with Crippen LogP contribution in [0.4, 0.5) is 0 Å². The van der Waals surface area contributed by atoms with E-state index in [1.54, 1.807) is 0 Å². The van der Waals surface area contributed by atoms with Gasteiger partial charge in [-0.1, -0.05) is 48.5 Å². The second-order valence-corrected chi connectivity index (χ2v) is 9.13. The average molecular weight is 454 g/mol. The third-order valence-corrected chi connectivity index (χ3v) is 6.70. The van der Waals surface area contributed by atoms with Crippen LogP contribution in [0.15, 0.2) is 72.8 Å². The molecule has 0 radical (unpaired) electrons. The monoisotopic (exact) mass is 453 g/mol. The number of allylic oxidation sites excluding steroid dienone is 2. The Balaban J connectivity index is 1.34. The molecular weight excluding hydrogens is 422 g/mol. The fraction of sp³-hybridized carbons (Fsp3) is 0.300. The number of carbonyl (C=O) groups excluding carboxylic acids is 1.